The summed E-state index contributed by atoms with van der Waals surface area (Å²) in [6.45, 7) is 8.02. The summed E-state index contributed by atoms with van der Waals surface area (Å²) in [6, 6.07) is 12.2. The van der Waals surface area contributed by atoms with Crippen molar-refractivity contribution in [2.75, 3.05) is 62.3 Å². The van der Waals surface area contributed by atoms with E-state index in [2.05, 4.69) is 26.9 Å². The lowest BCUT2D eigenvalue weighted by atomic mass is 10.2. The average Bonchev–Trinajstić information content (AvgIpc) is 3.23. The normalized spacial score (nSPS) is 17.6. The van der Waals surface area contributed by atoms with Crippen LogP contribution in [0, 0.1) is 6.92 Å². The number of aromatic nitrogens is 2. The molecule has 0 spiro atoms. The van der Waals surface area contributed by atoms with Crippen LogP contribution < -0.4 is 9.80 Å². The number of nitrogens with zero attached hydrogens (tertiary/aromatic N) is 5. The third kappa shape index (κ3) is 3.85. The highest BCUT2D eigenvalue weighted by atomic mass is 32.1. The summed E-state index contributed by atoms with van der Waals surface area (Å²) in [4.78, 5) is 29.7. The maximum Gasteiger partial charge on any atom is 0.264 e. The fourth-order valence-electron chi connectivity index (χ4n) is 3.99. The first-order chi connectivity index (χ1) is 14.7. The molecule has 0 atom stereocenters. The molecule has 4 heterocycles. The third-order valence-corrected chi connectivity index (χ3v) is 6.75. The Morgan fingerprint density at radius 3 is 2.50 bits per heavy atom. The predicted molar refractivity (Wildman–Crippen MR) is 120 cm³/mol. The Morgan fingerprint density at radius 1 is 0.967 bits per heavy atom. The van der Waals surface area contributed by atoms with Gasteiger partial charge >= 0.3 is 0 Å². The van der Waals surface area contributed by atoms with Gasteiger partial charge in [-0.15, -0.1) is 11.3 Å². The zero-order chi connectivity index (χ0) is 20.5. The Kier molecular flexibility index (Phi) is 5.26. The number of ether oxygens (including phenoxy) is 1. The van der Waals surface area contributed by atoms with Gasteiger partial charge in [-0.3, -0.25) is 4.79 Å². The van der Waals surface area contributed by atoms with Crippen molar-refractivity contribution in [3.8, 4) is 0 Å². The first-order valence-corrected chi connectivity index (χ1v) is 11.2. The number of carbonyl (C=O) groups excluding carboxylic acids is 1. The standard InChI is InChI=1S/C22H25N5O2S/c1-16-14-20(25-10-12-29-13-11-25)24-22(23-16)27-8-6-26(7-9-27)21(28)19-15-17-4-2-3-5-18(17)30-19/h2-5,14-15H,6-13H2,1H3. The average molecular weight is 424 g/mol. The Labute approximate surface area is 179 Å². The molecule has 2 aromatic heterocycles. The number of piperazine rings is 1. The van der Waals surface area contributed by atoms with Gasteiger partial charge < -0.3 is 19.4 Å². The van der Waals surface area contributed by atoms with Gasteiger partial charge in [0.1, 0.15) is 5.82 Å². The van der Waals surface area contributed by atoms with Crippen LogP contribution in [0.2, 0.25) is 0 Å². The minimum atomic E-state index is 0.120. The van der Waals surface area contributed by atoms with Crippen molar-refractivity contribution < 1.29 is 9.53 Å². The van der Waals surface area contributed by atoms with Gasteiger partial charge in [-0.2, -0.15) is 4.98 Å². The molecule has 0 unspecified atom stereocenters. The van der Waals surface area contributed by atoms with E-state index in [0.29, 0.717) is 13.1 Å². The molecule has 2 saturated heterocycles. The zero-order valence-electron chi connectivity index (χ0n) is 17.1. The number of amides is 1. The smallest absolute Gasteiger partial charge is 0.264 e. The van der Waals surface area contributed by atoms with Crippen LogP contribution in [0.1, 0.15) is 15.4 Å². The van der Waals surface area contributed by atoms with E-state index in [1.54, 1.807) is 11.3 Å². The fourth-order valence-corrected chi connectivity index (χ4v) is 5.02. The second-order valence-corrected chi connectivity index (χ2v) is 8.78. The Bertz CT molecular complexity index is 1020. The van der Waals surface area contributed by atoms with Crippen LogP contribution in [0.15, 0.2) is 36.4 Å². The monoisotopic (exact) mass is 423 g/mol. The maximum atomic E-state index is 13.0. The van der Waals surface area contributed by atoms with Crippen molar-refractivity contribution in [3.05, 3.63) is 47.0 Å². The number of anilines is 2. The molecular weight excluding hydrogens is 398 g/mol. The number of hydrogen-bond acceptors (Lipinski definition) is 7. The highest BCUT2D eigenvalue weighted by Crippen LogP contribution is 2.27. The summed E-state index contributed by atoms with van der Waals surface area (Å²) < 4.78 is 6.61. The summed E-state index contributed by atoms with van der Waals surface area (Å²) >= 11 is 1.57. The van der Waals surface area contributed by atoms with Crippen molar-refractivity contribution in [2.24, 2.45) is 0 Å². The summed E-state index contributed by atoms with van der Waals surface area (Å²) in [5.41, 5.74) is 0.963. The number of benzene rings is 1. The second-order valence-electron chi connectivity index (χ2n) is 7.69. The molecule has 3 aromatic rings. The maximum absolute atomic E-state index is 13.0. The van der Waals surface area contributed by atoms with E-state index < -0.39 is 0 Å². The number of carbonyl (C=O) groups is 1. The van der Waals surface area contributed by atoms with Crippen LogP contribution in [0.3, 0.4) is 0 Å². The van der Waals surface area contributed by atoms with Gasteiger partial charge in [0.15, 0.2) is 0 Å². The number of aryl methyl sites for hydroxylation is 1. The first kappa shape index (κ1) is 19.3. The third-order valence-electron chi connectivity index (χ3n) is 5.65. The molecule has 1 amide bonds. The summed E-state index contributed by atoms with van der Waals surface area (Å²) in [5.74, 6) is 1.84. The molecular formula is C22H25N5O2S. The number of thiophene rings is 1. The van der Waals surface area contributed by atoms with E-state index >= 15 is 0 Å². The number of fused-ring (bicyclic) bond motifs is 1. The summed E-state index contributed by atoms with van der Waals surface area (Å²) in [5, 5.41) is 1.13. The number of rotatable bonds is 3. The van der Waals surface area contributed by atoms with Gasteiger partial charge in [-0.05, 0) is 24.4 Å². The van der Waals surface area contributed by atoms with E-state index in [-0.39, 0.29) is 5.91 Å². The molecule has 30 heavy (non-hydrogen) atoms. The van der Waals surface area contributed by atoms with Crippen LogP contribution >= 0.6 is 11.3 Å². The zero-order valence-corrected chi connectivity index (χ0v) is 17.9. The lowest BCUT2D eigenvalue weighted by Crippen LogP contribution is -2.49. The van der Waals surface area contributed by atoms with Gasteiger partial charge in [0, 0.05) is 55.7 Å². The quantitative estimate of drug-likeness (QED) is 0.646. The summed E-state index contributed by atoms with van der Waals surface area (Å²) in [7, 11) is 0. The molecule has 0 bridgehead atoms. The van der Waals surface area contributed by atoms with E-state index in [1.807, 2.05) is 36.1 Å². The Hall–Kier alpha value is -2.71. The van der Waals surface area contributed by atoms with E-state index in [0.717, 1.165) is 71.8 Å². The van der Waals surface area contributed by atoms with Crippen molar-refractivity contribution in [3.63, 3.8) is 0 Å². The van der Waals surface area contributed by atoms with Gasteiger partial charge in [0.05, 0.1) is 18.1 Å². The highest BCUT2D eigenvalue weighted by Gasteiger charge is 2.25. The molecule has 7 nitrogen and oxygen atoms in total. The van der Waals surface area contributed by atoms with Gasteiger partial charge in [-0.25, -0.2) is 4.98 Å². The van der Waals surface area contributed by atoms with Crippen molar-refractivity contribution in [2.45, 2.75) is 6.92 Å². The lowest BCUT2D eigenvalue weighted by molar-refractivity contribution is 0.0751. The SMILES string of the molecule is Cc1cc(N2CCOCC2)nc(N2CCN(C(=O)c3cc4ccccc4s3)CC2)n1. The van der Waals surface area contributed by atoms with E-state index in [4.69, 9.17) is 9.72 Å². The van der Waals surface area contributed by atoms with E-state index in [1.165, 1.54) is 0 Å². The topological polar surface area (TPSA) is 61.8 Å². The Balaban J connectivity index is 1.27. The largest absolute Gasteiger partial charge is 0.378 e. The second kappa shape index (κ2) is 8.20. The van der Waals surface area contributed by atoms with Gasteiger partial charge in [0.2, 0.25) is 5.95 Å². The van der Waals surface area contributed by atoms with Crippen LogP contribution in [-0.2, 0) is 4.74 Å². The molecule has 1 aromatic carbocycles. The Morgan fingerprint density at radius 2 is 1.73 bits per heavy atom. The van der Waals surface area contributed by atoms with Crippen LogP contribution in [0.5, 0.6) is 0 Å². The fraction of sp³-hybridized carbons (Fsp3) is 0.409. The van der Waals surface area contributed by atoms with Crippen molar-refractivity contribution >= 4 is 39.1 Å². The van der Waals surface area contributed by atoms with Crippen LogP contribution in [0.25, 0.3) is 10.1 Å². The lowest BCUT2D eigenvalue weighted by Gasteiger charge is -2.35. The van der Waals surface area contributed by atoms with Crippen LogP contribution in [0.4, 0.5) is 11.8 Å². The molecule has 0 radical (unpaired) electrons. The molecule has 8 heteroatoms. The number of morpholine rings is 1. The number of hydrogen-bond donors (Lipinski definition) is 0. The van der Waals surface area contributed by atoms with Crippen molar-refractivity contribution in [1.29, 1.82) is 0 Å². The molecule has 0 N–H and O–H groups in total. The molecule has 5 rings (SSSR count). The first-order valence-electron chi connectivity index (χ1n) is 10.4. The van der Waals surface area contributed by atoms with Crippen LogP contribution in [-0.4, -0.2) is 73.3 Å². The minimum Gasteiger partial charge on any atom is -0.378 e. The molecule has 2 aliphatic heterocycles. The summed E-state index contributed by atoms with van der Waals surface area (Å²) in [6.07, 6.45) is 0. The van der Waals surface area contributed by atoms with Gasteiger partial charge in [0.25, 0.3) is 5.91 Å². The molecule has 2 aliphatic rings. The molecule has 2 fully saturated rings. The molecule has 0 saturated carbocycles. The van der Waals surface area contributed by atoms with Gasteiger partial charge in [-0.1, -0.05) is 18.2 Å². The molecule has 156 valence electrons. The predicted octanol–water partition coefficient (Wildman–Crippen LogP) is 2.80. The van der Waals surface area contributed by atoms with Crippen molar-refractivity contribution in [1.82, 2.24) is 14.9 Å². The minimum absolute atomic E-state index is 0.120. The highest BCUT2D eigenvalue weighted by molar-refractivity contribution is 7.20. The van der Waals surface area contributed by atoms with E-state index in [9.17, 15) is 4.79 Å². The molecule has 0 aliphatic carbocycles.